The van der Waals surface area contributed by atoms with Crippen molar-refractivity contribution < 1.29 is 33.7 Å². The van der Waals surface area contributed by atoms with Crippen LogP contribution in [0.2, 0.25) is 0 Å². The summed E-state index contributed by atoms with van der Waals surface area (Å²) in [5, 5.41) is 38.7. The number of carbonyl (C=O) groups excluding carboxylic acids is 2. The maximum Gasteiger partial charge on any atom is 0.306 e. The molecule has 2 fully saturated rings. The molecule has 1 saturated heterocycles. The lowest BCUT2D eigenvalue weighted by molar-refractivity contribution is -0.152. The molecule has 222 valence electrons. The molecule has 12 nitrogen and oxygen atoms in total. The normalized spacial score (nSPS) is 25.2. The minimum atomic E-state index is -2.05. The number of nitrogens with zero attached hydrogens (tertiary/aromatic N) is 4. The Hall–Kier alpha value is -3.96. The number of aliphatic hydroxyl groups excluding tert-OH is 2. The molecule has 5 rings (SSSR count). The maximum absolute atomic E-state index is 13.2. The van der Waals surface area contributed by atoms with Crippen molar-refractivity contribution in [2.45, 2.75) is 74.9 Å². The number of fused-ring (bicyclic) bond motifs is 1. The summed E-state index contributed by atoms with van der Waals surface area (Å²) in [4.78, 5) is 29.4. The number of amides is 1. The highest BCUT2D eigenvalue weighted by atomic mass is 19.1. The van der Waals surface area contributed by atoms with Crippen molar-refractivity contribution in [2.75, 3.05) is 11.9 Å². The Morgan fingerprint density at radius 2 is 1.95 bits per heavy atom. The fourth-order valence-corrected chi connectivity index (χ4v) is 5.66. The topological polar surface area (TPSA) is 185 Å². The van der Waals surface area contributed by atoms with E-state index in [-0.39, 0.29) is 42.4 Å². The third-order valence-corrected chi connectivity index (χ3v) is 7.99. The van der Waals surface area contributed by atoms with Crippen LogP contribution in [0, 0.1) is 23.1 Å². The molecule has 1 aromatic carbocycles. The van der Waals surface area contributed by atoms with Crippen LogP contribution in [0.3, 0.4) is 0 Å². The van der Waals surface area contributed by atoms with E-state index >= 15 is 0 Å². The fraction of sp³-hybridized carbons (Fsp3) is 0.483. The van der Waals surface area contributed by atoms with Gasteiger partial charge in [0, 0.05) is 6.42 Å². The average Bonchev–Trinajstić information content (AvgIpc) is 3.54. The Balaban J connectivity index is 1.29. The summed E-state index contributed by atoms with van der Waals surface area (Å²) in [5.74, 6) is -1.01. The van der Waals surface area contributed by atoms with Crippen molar-refractivity contribution in [2.24, 2.45) is 11.7 Å². The number of nitriles is 1. The number of nitrogens with two attached hydrogens (primary N) is 1. The third-order valence-electron chi connectivity index (χ3n) is 7.99. The summed E-state index contributed by atoms with van der Waals surface area (Å²) < 4.78 is 25.7. The molecule has 0 spiro atoms. The van der Waals surface area contributed by atoms with Gasteiger partial charge in [0.2, 0.25) is 11.5 Å². The van der Waals surface area contributed by atoms with E-state index in [2.05, 4.69) is 15.4 Å². The summed E-state index contributed by atoms with van der Waals surface area (Å²) in [6, 6.07) is 9.62. The van der Waals surface area contributed by atoms with Gasteiger partial charge in [-0.1, -0.05) is 31.4 Å². The van der Waals surface area contributed by atoms with Gasteiger partial charge in [0.15, 0.2) is 5.82 Å². The predicted molar refractivity (Wildman–Crippen MR) is 146 cm³/mol. The van der Waals surface area contributed by atoms with Crippen molar-refractivity contribution in [3.05, 3.63) is 59.8 Å². The Bertz CT molecular complexity index is 1470. The number of ether oxygens (including phenoxy) is 2. The lowest BCUT2D eigenvalue weighted by Crippen LogP contribution is -2.41. The zero-order chi connectivity index (χ0) is 29.9. The number of benzene rings is 1. The molecule has 2 aliphatic rings. The van der Waals surface area contributed by atoms with Gasteiger partial charge < -0.3 is 30.7 Å². The summed E-state index contributed by atoms with van der Waals surface area (Å²) in [7, 11) is 0. The quantitative estimate of drug-likeness (QED) is 0.272. The highest BCUT2D eigenvalue weighted by Gasteiger charge is 2.57. The highest BCUT2D eigenvalue weighted by molar-refractivity contribution is 5.97. The Labute approximate surface area is 241 Å². The van der Waals surface area contributed by atoms with Gasteiger partial charge in [-0.25, -0.2) is 13.9 Å². The van der Waals surface area contributed by atoms with Crippen molar-refractivity contribution in [1.82, 2.24) is 14.6 Å². The Morgan fingerprint density at radius 3 is 2.67 bits per heavy atom. The molecule has 3 aromatic rings. The number of aliphatic hydroxyl groups is 2. The van der Waals surface area contributed by atoms with E-state index < -0.39 is 47.6 Å². The van der Waals surface area contributed by atoms with Gasteiger partial charge in [0.05, 0.1) is 11.7 Å². The highest BCUT2D eigenvalue weighted by Crippen LogP contribution is 2.40. The van der Waals surface area contributed by atoms with Crippen LogP contribution < -0.4 is 11.1 Å². The SMILES string of the molecule is N#C[C@@]1(c2ccc3c(NC(=O)[C@@H](N)Cc4ccc(F)cc4)ncnn23)O[C@H](COC(=O)CC2CCCCC2)[C@@H](O)[C@H]1O. The number of carbonyl (C=O) groups is 2. The van der Waals surface area contributed by atoms with Crippen molar-refractivity contribution >= 4 is 23.2 Å². The van der Waals surface area contributed by atoms with Crippen LogP contribution in [0.1, 0.15) is 49.8 Å². The third kappa shape index (κ3) is 5.98. The van der Waals surface area contributed by atoms with Crippen LogP contribution in [0.25, 0.3) is 5.52 Å². The van der Waals surface area contributed by atoms with Gasteiger partial charge in [0.1, 0.15) is 48.6 Å². The van der Waals surface area contributed by atoms with Crippen LogP contribution in [0.4, 0.5) is 10.2 Å². The number of hydrogen-bond acceptors (Lipinski definition) is 10. The second kappa shape index (κ2) is 12.5. The van der Waals surface area contributed by atoms with E-state index in [1.807, 2.05) is 6.07 Å². The molecule has 13 heteroatoms. The molecule has 3 heterocycles. The van der Waals surface area contributed by atoms with E-state index in [4.69, 9.17) is 15.2 Å². The number of halogens is 1. The first-order valence-corrected chi connectivity index (χ1v) is 14.0. The smallest absolute Gasteiger partial charge is 0.306 e. The molecule has 1 saturated carbocycles. The molecule has 42 heavy (non-hydrogen) atoms. The summed E-state index contributed by atoms with van der Waals surface area (Å²) in [6.07, 6.45) is 2.47. The number of rotatable bonds is 9. The predicted octanol–water partition coefficient (Wildman–Crippen LogP) is 1.73. The first-order valence-electron chi connectivity index (χ1n) is 14.0. The number of aromatic nitrogens is 3. The largest absolute Gasteiger partial charge is 0.463 e. The maximum atomic E-state index is 13.2. The Morgan fingerprint density at radius 1 is 1.21 bits per heavy atom. The number of hydrogen-bond donors (Lipinski definition) is 4. The summed E-state index contributed by atoms with van der Waals surface area (Å²) in [6.45, 7) is -0.335. The summed E-state index contributed by atoms with van der Waals surface area (Å²) >= 11 is 0. The number of esters is 1. The first kappa shape index (κ1) is 29.5. The molecule has 0 radical (unpaired) electrons. The van der Waals surface area contributed by atoms with Crippen molar-refractivity contribution in [3.63, 3.8) is 0 Å². The second-order valence-corrected chi connectivity index (χ2v) is 10.9. The van der Waals surface area contributed by atoms with Crippen LogP contribution in [0.15, 0.2) is 42.7 Å². The van der Waals surface area contributed by atoms with Gasteiger partial charge in [0.25, 0.3) is 0 Å². The summed E-state index contributed by atoms with van der Waals surface area (Å²) in [5.41, 5.74) is 5.04. The Kier molecular flexibility index (Phi) is 8.79. The minimum Gasteiger partial charge on any atom is -0.463 e. The lowest BCUT2D eigenvalue weighted by atomic mass is 9.87. The zero-order valence-corrected chi connectivity index (χ0v) is 22.9. The lowest BCUT2D eigenvalue weighted by Gasteiger charge is -2.24. The van der Waals surface area contributed by atoms with Crippen LogP contribution in [-0.2, 0) is 31.1 Å². The van der Waals surface area contributed by atoms with Gasteiger partial charge in [-0.15, -0.1) is 0 Å². The van der Waals surface area contributed by atoms with Gasteiger partial charge in [-0.05, 0) is 55.0 Å². The van der Waals surface area contributed by atoms with Gasteiger partial charge in [-0.3, -0.25) is 9.59 Å². The average molecular weight is 581 g/mol. The molecular formula is C29H33FN6O6. The van der Waals surface area contributed by atoms with Crippen LogP contribution in [0.5, 0.6) is 0 Å². The van der Waals surface area contributed by atoms with Crippen molar-refractivity contribution in [3.8, 4) is 6.07 Å². The van der Waals surface area contributed by atoms with E-state index in [0.717, 1.165) is 32.0 Å². The van der Waals surface area contributed by atoms with Gasteiger partial charge in [-0.2, -0.15) is 10.4 Å². The van der Waals surface area contributed by atoms with Crippen LogP contribution >= 0.6 is 0 Å². The molecule has 0 unspecified atom stereocenters. The molecule has 5 N–H and O–H groups in total. The molecule has 1 amide bonds. The molecule has 1 aliphatic heterocycles. The minimum absolute atomic E-state index is 0.0797. The van der Waals surface area contributed by atoms with Crippen LogP contribution in [-0.4, -0.2) is 67.6 Å². The van der Waals surface area contributed by atoms with E-state index in [9.17, 15) is 29.5 Å². The number of anilines is 1. The molecule has 0 bridgehead atoms. The second-order valence-electron chi connectivity index (χ2n) is 10.9. The monoisotopic (exact) mass is 580 g/mol. The fourth-order valence-electron chi connectivity index (χ4n) is 5.66. The van der Waals surface area contributed by atoms with E-state index in [0.29, 0.717) is 5.56 Å². The number of nitrogens with one attached hydrogen (secondary N) is 1. The molecule has 5 atom stereocenters. The standard InChI is InChI=1S/C29H33FN6O6/c30-19-8-6-18(7-9-19)12-20(32)28(40)35-27-21-10-11-23(36(21)34-16-33-27)29(15-31)26(39)25(38)22(42-29)14-41-24(37)13-17-4-2-1-3-5-17/h6-11,16-17,20,22,25-26,38-39H,1-5,12-14,32H2,(H,33,34,35,40)/t20-,22+,25+,26+,29-/m0/s1. The van der Waals surface area contributed by atoms with Gasteiger partial charge >= 0.3 is 5.97 Å². The molecule has 1 aliphatic carbocycles. The first-order chi connectivity index (χ1) is 20.2. The van der Waals surface area contributed by atoms with Crippen molar-refractivity contribution in [1.29, 1.82) is 5.26 Å². The zero-order valence-electron chi connectivity index (χ0n) is 22.9. The molecular weight excluding hydrogens is 547 g/mol. The van der Waals surface area contributed by atoms with E-state index in [1.165, 1.54) is 35.2 Å². The molecule has 2 aromatic heterocycles. The van der Waals surface area contributed by atoms with E-state index in [1.54, 1.807) is 12.1 Å².